The molecule has 10 heteroatoms. The molecule has 0 spiro atoms. The van der Waals surface area contributed by atoms with E-state index >= 15 is 0 Å². The number of nitrogens with zero attached hydrogens (tertiary/aromatic N) is 5. The van der Waals surface area contributed by atoms with E-state index in [2.05, 4.69) is 27.1 Å². The molecule has 1 amide bonds. The van der Waals surface area contributed by atoms with Crippen LogP contribution in [-0.4, -0.2) is 45.1 Å². The van der Waals surface area contributed by atoms with E-state index < -0.39 is 11.7 Å². The molecule has 3 aromatic heterocycles. The quantitative estimate of drug-likeness (QED) is 0.628. The third kappa shape index (κ3) is 4.37. The average Bonchev–Trinajstić information content (AvgIpc) is 3.20. The van der Waals surface area contributed by atoms with Crippen molar-refractivity contribution in [2.75, 3.05) is 24.5 Å². The van der Waals surface area contributed by atoms with Gasteiger partial charge in [0.2, 0.25) is 0 Å². The second-order valence-electron chi connectivity index (χ2n) is 7.39. The van der Waals surface area contributed by atoms with Gasteiger partial charge in [0, 0.05) is 37.9 Å². The molecule has 31 heavy (non-hydrogen) atoms. The highest BCUT2D eigenvalue weighted by atomic mass is 19.4. The summed E-state index contributed by atoms with van der Waals surface area (Å²) in [6.07, 6.45) is 1.35. The summed E-state index contributed by atoms with van der Waals surface area (Å²) in [7, 11) is 0. The van der Waals surface area contributed by atoms with Crippen LogP contribution in [0.25, 0.3) is 5.65 Å². The van der Waals surface area contributed by atoms with E-state index in [1.54, 1.807) is 18.2 Å². The van der Waals surface area contributed by atoms with E-state index in [4.69, 9.17) is 0 Å². The standard InChI is InChI=1S/C21H21F3N6O/c1-2-9-25-20(31)14-5-7-17(26-11-14)29-10-3-4-15(12-29)19-28-27-18-8-6-16(13-30(18)19)21(22,23)24/h2,5-8,11,13,15H,1,3-4,9-10,12H2,(H,25,31). The van der Waals surface area contributed by atoms with E-state index in [-0.39, 0.29) is 11.8 Å². The molecule has 1 saturated heterocycles. The highest BCUT2D eigenvalue weighted by Crippen LogP contribution is 2.32. The highest BCUT2D eigenvalue weighted by molar-refractivity contribution is 5.94. The zero-order chi connectivity index (χ0) is 22.0. The molecule has 1 aliphatic heterocycles. The van der Waals surface area contributed by atoms with Crippen molar-refractivity contribution in [2.24, 2.45) is 0 Å². The Hall–Kier alpha value is -3.43. The van der Waals surface area contributed by atoms with Crippen LogP contribution in [0.4, 0.5) is 19.0 Å². The van der Waals surface area contributed by atoms with Crippen LogP contribution in [0, 0.1) is 0 Å². The Morgan fingerprint density at radius 1 is 1.26 bits per heavy atom. The number of alkyl halides is 3. The number of fused-ring (bicyclic) bond motifs is 1. The summed E-state index contributed by atoms with van der Waals surface area (Å²) in [5.41, 5.74) is 0.0936. The van der Waals surface area contributed by atoms with Gasteiger partial charge in [0.15, 0.2) is 5.65 Å². The van der Waals surface area contributed by atoms with Gasteiger partial charge in [-0.25, -0.2) is 4.98 Å². The summed E-state index contributed by atoms with van der Waals surface area (Å²) in [5, 5.41) is 10.9. The summed E-state index contributed by atoms with van der Waals surface area (Å²) in [5.74, 6) is 0.886. The fourth-order valence-corrected chi connectivity index (χ4v) is 3.72. The van der Waals surface area contributed by atoms with Crippen molar-refractivity contribution in [3.05, 3.63) is 66.3 Å². The molecule has 7 nitrogen and oxygen atoms in total. The molecular weight excluding hydrogens is 409 g/mol. The fourth-order valence-electron chi connectivity index (χ4n) is 3.72. The van der Waals surface area contributed by atoms with Crippen molar-refractivity contribution < 1.29 is 18.0 Å². The number of piperidine rings is 1. The van der Waals surface area contributed by atoms with Gasteiger partial charge in [0.25, 0.3) is 5.91 Å². The zero-order valence-electron chi connectivity index (χ0n) is 16.6. The van der Waals surface area contributed by atoms with Crippen LogP contribution in [0.15, 0.2) is 49.3 Å². The lowest BCUT2D eigenvalue weighted by Gasteiger charge is -2.32. The summed E-state index contributed by atoms with van der Waals surface area (Å²) in [4.78, 5) is 18.5. The molecule has 4 heterocycles. The number of hydrogen-bond donors (Lipinski definition) is 1. The molecule has 0 radical (unpaired) electrons. The molecule has 0 aromatic carbocycles. The summed E-state index contributed by atoms with van der Waals surface area (Å²) in [6, 6.07) is 5.82. The van der Waals surface area contributed by atoms with Gasteiger partial charge in [0.05, 0.1) is 11.1 Å². The average molecular weight is 430 g/mol. The lowest BCUT2D eigenvalue weighted by molar-refractivity contribution is -0.137. The van der Waals surface area contributed by atoms with Crippen molar-refractivity contribution in [3.63, 3.8) is 0 Å². The minimum absolute atomic E-state index is 0.0930. The monoisotopic (exact) mass is 430 g/mol. The number of amides is 1. The Balaban J connectivity index is 1.54. The number of pyridine rings is 2. The fraction of sp³-hybridized carbons (Fsp3) is 0.333. The maximum atomic E-state index is 13.1. The number of carbonyl (C=O) groups excluding carboxylic acids is 1. The van der Waals surface area contributed by atoms with Crippen molar-refractivity contribution in [1.82, 2.24) is 24.9 Å². The van der Waals surface area contributed by atoms with Crippen LogP contribution in [-0.2, 0) is 6.18 Å². The SMILES string of the molecule is C=CCNC(=O)c1ccc(N2CCCC(c3nnc4ccc(C(F)(F)F)cn34)C2)nc1. The Morgan fingerprint density at radius 2 is 2.10 bits per heavy atom. The van der Waals surface area contributed by atoms with Crippen molar-refractivity contribution in [2.45, 2.75) is 24.9 Å². The second kappa shape index (κ2) is 8.37. The number of carbonyl (C=O) groups is 1. The smallest absolute Gasteiger partial charge is 0.356 e. The van der Waals surface area contributed by atoms with E-state index in [9.17, 15) is 18.0 Å². The van der Waals surface area contributed by atoms with Gasteiger partial charge < -0.3 is 10.2 Å². The Bertz CT molecular complexity index is 1090. The van der Waals surface area contributed by atoms with Crippen LogP contribution in [0.3, 0.4) is 0 Å². The van der Waals surface area contributed by atoms with Gasteiger partial charge >= 0.3 is 6.18 Å². The molecule has 0 aliphatic carbocycles. The Morgan fingerprint density at radius 3 is 2.81 bits per heavy atom. The van der Waals surface area contributed by atoms with E-state index in [1.165, 1.54) is 16.7 Å². The maximum absolute atomic E-state index is 13.1. The molecular formula is C21H21F3N6O. The first-order valence-corrected chi connectivity index (χ1v) is 9.89. The lowest BCUT2D eigenvalue weighted by atomic mass is 9.97. The maximum Gasteiger partial charge on any atom is 0.417 e. The van der Waals surface area contributed by atoms with Gasteiger partial charge in [-0.3, -0.25) is 9.20 Å². The minimum Gasteiger partial charge on any atom is -0.356 e. The predicted octanol–water partition coefficient (Wildman–Crippen LogP) is 3.44. The number of rotatable bonds is 5. The Kier molecular flexibility index (Phi) is 5.62. The molecule has 4 rings (SSSR count). The van der Waals surface area contributed by atoms with Crippen molar-refractivity contribution in [1.29, 1.82) is 0 Å². The molecule has 1 unspecified atom stereocenters. The van der Waals surface area contributed by atoms with Gasteiger partial charge in [-0.15, -0.1) is 16.8 Å². The molecule has 1 aliphatic rings. The van der Waals surface area contributed by atoms with Crippen LogP contribution in [0.5, 0.6) is 0 Å². The van der Waals surface area contributed by atoms with Crippen molar-refractivity contribution in [3.8, 4) is 0 Å². The van der Waals surface area contributed by atoms with Crippen LogP contribution in [0.2, 0.25) is 0 Å². The second-order valence-corrected chi connectivity index (χ2v) is 7.39. The van der Waals surface area contributed by atoms with E-state index in [0.29, 0.717) is 35.9 Å². The first-order valence-electron chi connectivity index (χ1n) is 9.89. The first kappa shape index (κ1) is 20.8. The van der Waals surface area contributed by atoms with Crippen LogP contribution < -0.4 is 10.2 Å². The molecule has 1 N–H and O–H groups in total. The molecule has 162 valence electrons. The molecule has 3 aromatic rings. The number of nitrogens with one attached hydrogen (secondary N) is 1. The van der Waals surface area contributed by atoms with Crippen molar-refractivity contribution >= 4 is 17.4 Å². The number of halogens is 3. The number of anilines is 1. The zero-order valence-corrected chi connectivity index (χ0v) is 16.6. The first-order chi connectivity index (χ1) is 14.9. The minimum atomic E-state index is -4.43. The lowest BCUT2D eigenvalue weighted by Crippen LogP contribution is -2.35. The number of aromatic nitrogens is 4. The topological polar surface area (TPSA) is 75.4 Å². The van der Waals surface area contributed by atoms with Crippen LogP contribution >= 0.6 is 0 Å². The van der Waals surface area contributed by atoms with E-state index in [0.717, 1.165) is 31.6 Å². The Labute approximate surface area is 176 Å². The molecule has 1 fully saturated rings. The van der Waals surface area contributed by atoms with Gasteiger partial charge in [-0.05, 0) is 37.1 Å². The van der Waals surface area contributed by atoms with Gasteiger partial charge in [-0.1, -0.05) is 6.08 Å². The normalized spacial score (nSPS) is 17.0. The van der Waals surface area contributed by atoms with E-state index in [1.807, 2.05) is 4.90 Å². The third-order valence-corrected chi connectivity index (χ3v) is 5.28. The highest BCUT2D eigenvalue weighted by Gasteiger charge is 2.32. The largest absolute Gasteiger partial charge is 0.417 e. The molecule has 0 saturated carbocycles. The predicted molar refractivity (Wildman–Crippen MR) is 109 cm³/mol. The summed E-state index contributed by atoms with van der Waals surface area (Å²) in [6.45, 7) is 5.24. The van der Waals surface area contributed by atoms with Gasteiger partial charge in [-0.2, -0.15) is 13.2 Å². The molecule has 1 atom stereocenters. The summed E-state index contributed by atoms with van der Waals surface area (Å²) < 4.78 is 40.8. The third-order valence-electron chi connectivity index (χ3n) is 5.28. The molecule has 0 bridgehead atoms. The summed E-state index contributed by atoms with van der Waals surface area (Å²) >= 11 is 0. The van der Waals surface area contributed by atoms with Crippen LogP contribution in [0.1, 0.15) is 40.5 Å². The van der Waals surface area contributed by atoms with Gasteiger partial charge in [0.1, 0.15) is 11.6 Å². The number of hydrogen-bond acceptors (Lipinski definition) is 5.